The molecule has 0 unspecified atom stereocenters. The van der Waals surface area contributed by atoms with E-state index in [1.54, 1.807) is 7.11 Å². The molecular formula is C21H27N3O3. The van der Waals surface area contributed by atoms with Gasteiger partial charge in [0.25, 0.3) is 0 Å². The van der Waals surface area contributed by atoms with Crippen LogP contribution in [0.25, 0.3) is 16.5 Å². The number of nitrogens with one attached hydrogen (secondary N) is 1. The van der Waals surface area contributed by atoms with Crippen molar-refractivity contribution in [2.24, 2.45) is 0 Å². The number of amides is 1. The van der Waals surface area contributed by atoms with Gasteiger partial charge in [-0.2, -0.15) is 5.10 Å². The third-order valence-electron chi connectivity index (χ3n) is 5.65. The Kier molecular flexibility index (Phi) is 4.91. The molecule has 1 heterocycles. The number of carboxylic acid groups (broad SMARTS) is 1. The number of carbonyl (C=O) groups is 1. The number of rotatable bonds is 8. The van der Waals surface area contributed by atoms with Crippen molar-refractivity contribution in [1.82, 2.24) is 15.1 Å². The van der Waals surface area contributed by atoms with Crippen LogP contribution in [0.3, 0.4) is 0 Å². The normalized spacial score (nSPS) is 17.9. The second kappa shape index (κ2) is 7.35. The Hall–Kier alpha value is -2.34. The van der Waals surface area contributed by atoms with Crippen LogP contribution in [-0.2, 0) is 17.7 Å². The smallest absolute Gasteiger partial charge is 0.405 e. The Morgan fingerprint density at radius 1 is 1.41 bits per heavy atom. The molecule has 2 aromatic rings. The number of nitrogens with zero attached hydrogens (tertiary/aromatic N) is 2. The number of aromatic nitrogens is 2. The molecule has 1 aromatic heterocycles. The van der Waals surface area contributed by atoms with Crippen molar-refractivity contribution in [2.75, 3.05) is 13.7 Å². The van der Waals surface area contributed by atoms with E-state index in [0.29, 0.717) is 6.61 Å². The molecule has 6 heteroatoms. The minimum absolute atomic E-state index is 0.281. The molecule has 2 N–H and O–H groups in total. The third kappa shape index (κ3) is 3.86. The lowest BCUT2D eigenvalue weighted by Crippen LogP contribution is -2.37. The Bertz CT molecular complexity index is 880. The van der Waals surface area contributed by atoms with Crippen LogP contribution < -0.4 is 5.32 Å². The number of aryl methyl sites for hydroxylation is 1. The lowest BCUT2D eigenvalue weighted by molar-refractivity contribution is 0.188. The number of hydrogen-bond acceptors (Lipinski definition) is 3. The third-order valence-corrected chi connectivity index (χ3v) is 5.65. The molecule has 144 valence electrons. The van der Waals surface area contributed by atoms with Crippen LogP contribution in [0.1, 0.15) is 49.8 Å². The van der Waals surface area contributed by atoms with E-state index < -0.39 is 6.09 Å². The summed E-state index contributed by atoms with van der Waals surface area (Å²) in [5.41, 5.74) is 4.48. The number of methoxy groups -OCH3 is 1. The quantitative estimate of drug-likeness (QED) is 0.690. The monoisotopic (exact) mass is 369 g/mol. The van der Waals surface area contributed by atoms with Crippen LogP contribution in [0, 0.1) is 0 Å². The molecule has 1 amide bonds. The number of fused-ring (bicyclic) bond motifs is 1. The molecule has 1 aromatic carbocycles. The Morgan fingerprint density at radius 3 is 2.93 bits per heavy atom. The minimum atomic E-state index is -0.936. The molecule has 2 aliphatic rings. The van der Waals surface area contributed by atoms with Crippen molar-refractivity contribution in [3.05, 3.63) is 35.5 Å². The molecule has 6 nitrogen and oxygen atoms in total. The van der Waals surface area contributed by atoms with Gasteiger partial charge in [0.2, 0.25) is 0 Å². The SMILES string of the molecule is COCCCn1nc(C2=CCCC2)c2ccc(CC3(NC(=O)O)CC3)cc21. The van der Waals surface area contributed by atoms with Gasteiger partial charge in [0, 0.05) is 31.2 Å². The van der Waals surface area contributed by atoms with Gasteiger partial charge in [-0.15, -0.1) is 0 Å². The molecule has 0 atom stereocenters. The van der Waals surface area contributed by atoms with Gasteiger partial charge in [-0.1, -0.05) is 18.2 Å². The highest BCUT2D eigenvalue weighted by atomic mass is 16.5. The summed E-state index contributed by atoms with van der Waals surface area (Å²) in [4.78, 5) is 11.1. The summed E-state index contributed by atoms with van der Waals surface area (Å²) in [6.07, 6.45) is 8.27. The van der Waals surface area contributed by atoms with E-state index in [2.05, 4.69) is 34.3 Å². The van der Waals surface area contributed by atoms with Crippen molar-refractivity contribution in [3.63, 3.8) is 0 Å². The van der Waals surface area contributed by atoms with E-state index in [9.17, 15) is 4.79 Å². The molecule has 27 heavy (non-hydrogen) atoms. The van der Waals surface area contributed by atoms with Crippen molar-refractivity contribution in [1.29, 1.82) is 0 Å². The van der Waals surface area contributed by atoms with Crippen LogP contribution in [0.15, 0.2) is 24.3 Å². The van der Waals surface area contributed by atoms with Crippen LogP contribution in [-0.4, -0.2) is 40.2 Å². The van der Waals surface area contributed by atoms with Crippen molar-refractivity contribution >= 4 is 22.6 Å². The second-order valence-corrected chi connectivity index (χ2v) is 7.78. The summed E-state index contributed by atoms with van der Waals surface area (Å²) < 4.78 is 7.29. The van der Waals surface area contributed by atoms with Crippen LogP contribution in [0.2, 0.25) is 0 Å². The number of allylic oxidation sites excluding steroid dienone is 2. The fourth-order valence-corrected chi connectivity index (χ4v) is 4.10. The van der Waals surface area contributed by atoms with Gasteiger partial charge in [-0.3, -0.25) is 4.68 Å². The van der Waals surface area contributed by atoms with E-state index in [1.807, 2.05) is 0 Å². The zero-order valence-corrected chi connectivity index (χ0v) is 15.8. The van der Waals surface area contributed by atoms with E-state index in [1.165, 1.54) is 17.4 Å². The maximum absolute atomic E-state index is 11.1. The molecular weight excluding hydrogens is 342 g/mol. The number of hydrogen-bond donors (Lipinski definition) is 2. The molecule has 1 fully saturated rings. The maximum Gasteiger partial charge on any atom is 0.405 e. The highest BCUT2D eigenvalue weighted by Crippen LogP contribution is 2.39. The molecule has 1 saturated carbocycles. The fraction of sp³-hybridized carbons (Fsp3) is 0.524. The zero-order valence-electron chi connectivity index (χ0n) is 15.8. The van der Waals surface area contributed by atoms with Gasteiger partial charge in [-0.05, 0) is 62.1 Å². The summed E-state index contributed by atoms with van der Waals surface area (Å²) in [6.45, 7) is 1.53. The summed E-state index contributed by atoms with van der Waals surface area (Å²) in [5.74, 6) is 0. The predicted molar refractivity (Wildman–Crippen MR) is 105 cm³/mol. The Morgan fingerprint density at radius 2 is 2.26 bits per heavy atom. The van der Waals surface area contributed by atoms with Crippen molar-refractivity contribution < 1.29 is 14.6 Å². The summed E-state index contributed by atoms with van der Waals surface area (Å²) in [7, 11) is 1.72. The van der Waals surface area contributed by atoms with Gasteiger partial charge in [-0.25, -0.2) is 4.79 Å². The molecule has 0 saturated heterocycles. The van der Waals surface area contributed by atoms with Crippen LogP contribution in [0.4, 0.5) is 4.79 Å². The van der Waals surface area contributed by atoms with Gasteiger partial charge in [0.15, 0.2) is 0 Å². The standard InChI is InChI=1S/C21H27N3O3/c1-27-12-4-11-24-18-13-15(14-21(9-10-21)22-20(25)26)7-8-17(18)19(23-24)16-5-2-3-6-16/h5,7-8,13,22H,2-4,6,9-12,14H2,1H3,(H,25,26). The lowest BCUT2D eigenvalue weighted by atomic mass is 10.0. The molecule has 0 spiro atoms. The highest BCUT2D eigenvalue weighted by Gasteiger charge is 2.44. The Labute approximate surface area is 159 Å². The van der Waals surface area contributed by atoms with E-state index in [4.69, 9.17) is 14.9 Å². The number of benzene rings is 1. The summed E-state index contributed by atoms with van der Waals surface area (Å²) in [5, 5.41) is 17.9. The summed E-state index contributed by atoms with van der Waals surface area (Å²) in [6, 6.07) is 6.49. The maximum atomic E-state index is 11.1. The predicted octanol–water partition coefficient (Wildman–Crippen LogP) is 3.98. The topological polar surface area (TPSA) is 76.4 Å². The number of ether oxygens (including phenoxy) is 1. The second-order valence-electron chi connectivity index (χ2n) is 7.78. The van der Waals surface area contributed by atoms with E-state index in [-0.39, 0.29) is 5.54 Å². The van der Waals surface area contributed by atoms with Gasteiger partial charge in [0.1, 0.15) is 0 Å². The first-order chi connectivity index (χ1) is 13.1. The largest absolute Gasteiger partial charge is 0.465 e. The average molecular weight is 369 g/mol. The minimum Gasteiger partial charge on any atom is -0.465 e. The summed E-state index contributed by atoms with van der Waals surface area (Å²) >= 11 is 0. The first kappa shape index (κ1) is 18.0. The molecule has 0 radical (unpaired) electrons. The average Bonchev–Trinajstić information content (AvgIpc) is 3.06. The van der Waals surface area contributed by atoms with Gasteiger partial charge < -0.3 is 15.2 Å². The first-order valence-electron chi connectivity index (χ1n) is 9.79. The first-order valence-corrected chi connectivity index (χ1v) is 9.79. The molecule has 0 aliphatic heterocycles. The van der Waals surface area contributed by atoms with Crippen LogP contribution in [0.5, 0.6) is 0 Å². The lowest BCUT2D eigenvalue weighted by Gasteiger charge is -2.15. The van der Waals surface area contributed by atoms with Crippen molar-refractivity contribution in [2.45, 2.75) is 57.0 Å². The zero-order chi connectivity index (χ0) is 18.9. The molecule has 0 bridgehead atoms. The van der Waals surface area contributed by atoms with Gasteiger partial charge >= 0.3 is 6.09 Å². The van der Waals surface area contributed by atoms with E-state index in [0.717, 1.165) is 61.8 Å². The Balaban J connectivity index is 1.65. The van der Waals surface area contributed by atoms with Gasteiger partial charge in [0.05, 0.1) is 11.2 Å². The van der Waals surface area contributed by atoms with Crippen molar-refractivity contribution in [3.8, 4) is 0 Å². The molecule has 2 aliphatic carbocycles. The molecule has 4 rings (SSSR count). The highest BCUT2D eigenvalue weighted by molar-refractivity contribution is 5.91. The van der Waals surface area contributed by atoms with Crippen LogP contribution >= 0.6 is 0 Å². The van der Waals surface area contributed by atoms with E-state index >= 15 is 0 Å². The fourth-order valence-electron chi connectivity index (χ4n) is 4.10.